The number of aliphatic hydroxyl groups is 1. The molecule has 2 heterocycles. The van der Waals surface area contributed by atoms with Crippen molar-refractivity contribution in [3.05, 3.63) is 36.2 Å². The Balaban J connectivity index is 1.80. The molecule has 2 N–H and O–H groups in total. The third-order valence-corrected chi connectivity index (χ3v) is 3.68. The molecule has 0 aliphatic carbocycles. The van der Waals surface area contributed by atoms with E-state index in [-0.39, 0.29) is 12.6 Å². The standard InChI is InChI=1S/C15H19N5O/c1-11-4-2-5-12(8-11)18-14-16-10-17-15(19-14)20-7-3-6-13(20)9-21/h2,4-5,8,10,13,21H,3,6-7,9H2,1H3,(H,16,17,18,19)/t13-/m0/s1. The Labute approximate surface area is 123 Å². The molecular formula is C15H19N5O. The number of anilines is 3. The van der Waals surface area contributed by atoms with Crippen molar-refractivity contribution in [2.45, 2.75) is 25.8 Å². The molecule has 1 saturated heterocycles. The van der Waals surface area contributed by atoms with Crippen LogP contribution in [0.15, 0.2) is 30.6 Å². The van der Waals surface area contributed by atoms with Crippen molar-refractivity contribution in [3.8, 4) is 0 Å². The van der Waals surface area contributed by atoms with Gasteiger partial charge in [0.05, 0.1) is 12.6 Å². The van der Waals surface area contributed by atoms with E-state index in [0.29, 0.717) is 11.9 Å². The largest absolute Gasteiger partial charge is 0.394 e. The minimum atomic E-state index is 0.110. The third kappa shape index (κ3) is 3.11. The lowest BCUT2D eigenvalue weighted by Crippen LogP contribution is -2.33. The lowest BCUT2D eigenvalue weighted by Gasteiger charge is -2.22. The molecule has 1 fully saturated rings. The van der Waals surface area contributed by atoms with E-state index >= 15 is 0 Å². The molecule has 0 amide bonds. The molecule has 1 aliphatic heterocycles. The normalized spacial score (nSPS) is 18.0. The third-order valence-electron chi connectivity index (χ3n) is 3.68. The summed E-state index contributed by atoms with van der Waals surface area (Å²) in [6, 6.07) is 8.15. The highest BCUT2D eigenvalue weighted by atomic mass is 16.3. The molecule has 1 aromatic heterocycles. The fourth-order valence-corrected chi connectivity index (χ4v) is 2.63. The monoisotopic (exact) mass is 285 g/mol. The van der Waals surface area contributed by atoms with E-state index < -0.39 is 0 Å². The molecule has 1 aliphatic rings. The van der Waals surface area contributed by atoms with Crippen LogP contribution in [0.5, 0.6) is 0 Å². The van der Waals surface area contributed by atoms with Gasteiger partial charge in [-0.2, -0.15) is 4.98 Å². The predicted octanol–water partition coefficient (Wildman–Crippen LogP) is 1.88. The van der Waals surface area contributed by atoms with Crippen molar-refractivity contribution in [2.24, 2.45) is 0 Å². The molecule has 1 aromatic carbocycles. The van der Waals surface area contributed by atoms with Crippen molar-refractivity contribution < 1.29 is 5.11 Å². The van der Waals surface area contributed by atoms with Gasteiger partial charge in [0.25, 0.3) is 0 Å². The van der Waals surface area contributed by atoms with Gasteiger partial charge in [0.2, 0.25) is 11.9 Å². The zero-order chi connectivity index (χ0) is 14.7. The van der Waals surface area contributed by atoms with Crippen LogP contribution in [0, 0.1) is 6.92 Å². The van der Waals surface area contributed by atoms with Crippen LogP contribution in [-0.2, 0) is 0 Å². The summed E-state index contributed by atoms with van der Waals surface area (Å²) in [4.78, 5) is 14.9. The van der Waals surface area contributed by atoms with Gasteiger partial charge in [0.1, 0.15) is 6.33 Å². The molecular weight excluding hydrogens is 266 g/mol. The highest BCUT2D eigenvalue weighted by molar-refractivity contribution is 5.55. The number of aliphatic hydroxyl groups excluding tert-OH is 1. The van der Waals surface area contributed by atoms with Gasteiger partial charge in [-0.15, -0.1) is 0 Å². The van der Waals surface area contributed by atoms with Crippen molar-refractivity contribution in [1.82, 2.24) is 15.0 Å². The number of benzene rings is 1. The fourth-order valence-electron chi connectivity index (χ4n) is 2.63. The van der Waals surface area contributed by atoms with Gasteiger partial charge < -0.3 is 15.3 Å². The summed E-state index contributed by atoms with van der Waals surface area (Å²) in [5.74, 6) is 1.14. The number of nitrogens with one attached hydrogen (secondary N) is 1. The number of hydrogen-bond donors (Lipinski definition) is 2. The first-order chi connectivity index (χ1) is 10.3. The topological polar surface area (TPSA) is 74.2 Å². The van der Waals surface area contributed by atoms with E-state index in [0.717, 1.165) is 25.1 Å². The Morgan fingerprint density at radius 3 is 3.10 bits per heavy atom. The van der Waals surface area contributed by atoms with Crippen molar-refractivity contribution in [2.75, 3.05) is 23.4 Å². The first kappa shape index (κ1) is 13.8. The minimum Gasteiger partial charge on any atom is -0.394 e. The Kier molecular flexibility index (Phi) is 3.96. The van der Waals surface area contributed by atoms with Crippen molar-refractivity contribution >= 4 is 17.6 Å². The van der Waals surface area contributed by atoms with Crippen LogP contribution in [0.25, 0.3) is 0 Å². The van der Waals surface area contributed by atoms with Crippen LogP contribution < -0.4 is 10.2 Å². The first-order valence-corrected chi connectivity index (χ1v) is 7.16. The van der Waals surface area contributed by atoms with Crippen LogP contribution in [-0.4, -0.2) is 39.3 Å². The number of nitrogens with zero attached hydrogens (tertiary/aromatic N) is 4. The highest BCUT2D eigenvalue weighted by Gasteiger charge is 2.26. The van der Waals surface area contributed by atoms with E-state index in [1.807, 2.05) is 36.1 Å². The summed E-state index contributed by atoms with van der Waals surface area (Å²) in [5.41, 5.74) is 2.13. The zero-order valence-corrected chi connectivity index (χ0v) is 12.0. The maximum Gasteiger partial charge on any atom is 0.231 e. The minimum absolute atomic E-state index is 0.110. The van der Waals surface area contributed by atoms with E-state index in [9.17, 15) is 5.11 Å². The maximum atomic E-state index is 9.40. The molecule has 0 bridgehead atoms. The Hall–Kier alpha value is -2.21. The fraction of sp³-hybridized carbons (Fsp3) is 0.400. The lowest BCUT2D eigenvalue weighted by atomic mass is 10.2. The van der Waals surface area contributed by atoms with Gasteiger partial charge in [-0.25, -0.2) is 9.97 Å². The number of aryl methyl sites for hydroxylation is 1. The van der Waals surface area contributed by atoms with E-state index in [2.05, 4.69) is 20.3 Å². The van der Waals surface area contributed by atoms with E-state index in [4.69, 9.17) is 0 Å². The molecule has 6 nitrogen and oxygen atoms in total. The SMILES string of the molecule is Cc1cccc(Nc2ncnc(N3CCC[C@H]3CO)n2)c1. The number of aromatic nitrogens is 3. The second-order valence-corrected chi connectivity index (χ2v) is 5.28. The quantitative estimate of drug-likeness (QED) is 0.893. The van der Waals surface area contributed by atoms with Crippen molar-refractivity contribution in [1.29, 1.82) is 0 Å². The van der Waals surface area contributed by atoms with Crippen molar-refractivity contribution in [3.63, 3.8) is 0 Å². The Bertz CT molecular complexity index is 619. The molecule has 110 valence electrons. The maximum absolute atomic E-state index is 9.40. The smallest absolute Gasteiger partial charge is 0.231 e. The molecule has 0 radical (unpaired) electrons. The van der Waals surface area contributed by atoms with Crippen LogP contribution >= 0.6 is 0 Å². The lowest BCUT2D eigenvalue weighted by molar-refractivity contribution is 0.265. The highest BCUT2D eigenvalue weighted by Crippen LogP contribution is 2.23. The van der Waals surface area contributed by atoms with Gasteiger partial charge in [0, 0.05) is 12.2 Å². The molecule has 2 aromatic rings. The Morgan fingerprint density at radius 2 is 2.29 bits per heavy atom. The summed E-state index contributed by atoms with van der Waals surface area (Å²) in [6.07, 6.45) is 3.54. The first-order valence-electron chi connectivity index (χ1n) is 7.16. The summed E-state index contributed by atoms with van der Waals surface area (Å²) in [5, 5.41) is 12.6. The zero-order valence-electron chi connectivity index (χ0n) is 12.0. The molecule has 1 atom stereocenters. The van der Waals surface area contributed by atoms with Gasteiger partial charge in [-0.05, 0) is 37.5 Å². The number of rotatable bonds is 4. The van der Waals surface area contributed by atoms with Gasteiger partial charge in [-0.1, -0.05) is 12.1 Å². The van der Waals surface area contributed by atoms with Gasteiger partial charge in [0.15, 0.2) is 0 Å². The molecule has 21 heavy (non-hydrogen) atoms. The molecule has 6 heteroatoms. The molecule has 0 spiro atoms. The van der Waals surface area contributed by atoms with E-state index in [1.165, 1.54) is 11.9 Å². The van der Waals surface area contributed by atoms with Crippen LogP contribution in [0.4, 0.5) is 17.6 Å². The van der Waals surface area contributed by atoms with E-state index in [1.54, 1.807) is 0 Å². The molecule has 0 unspecified atom stereocenters. The Morgan fingerprint density at radius 1 is 1.38 bits per heavy atom. The summed E-state index contributed by atoms with van der Waals surface area (Å²) in [7, 11) is 0. The van der Waals surface area contributed by atoms with Crippen LogP contribution in [0.1, 0.15) is 18.4 Å². The summed E-state index contributed by atoms with van der Waals surface area (Å²) in [6.45, 7) is 3.05. The van der Waals surface area contributed by atoms with Crippen LogP contribution in [0.2, 0.25) is 0 Å². The average Bonchev–Trinajstić information content (AvgIpc) is 2.96. The predicted molar refractivity (Wildman–Crippen MR) is 81.7 cm³/mol. The number of hydrogen-bond acceptors (Lipinski definition) is 6. The summed E-state index contributed by atoms with van der Waals surface area (Å²) >= 11 is 0. The van der Waals surface area contributed by atoms with Gasteiger partial charge >= 0.3 is 0 Å². The molecule has 0 saturated carbocycles. The van der Waals surface area contributed by atoms with Gasteiger partial charge in [-0.3, -0.25) is 0 Å². The average molecular weight is 285 g/mol. The molecule has 3 rings (SSSR count). The second-order valence-electron chi connectivity index (χ2n) is 5.28. The summed E-state index contributed by atoms with van der Waals surface area (Å²) < 4.78 is 0. The van der Waals surface area contributed by atoms with Crippen LogP contribution in [0.3, 0.4) is 0 Å². The second kappa shape index (κ2) is 6.05.